The Morgan fingerprint density at radius 3 is 2.70 bits per heavy atom. The van der Waals surface area contributed by atoms with Gasteiger partial charge in [0, 0.05) is 0 Å². The van der Waals surface area contributed by atoms with E-state index in [1.165, 1.54) is 19.3 Å². The first kappa shape index (κ1) is 7.49. The second kappa shape index (κ2) is 3.52. The van der Waals surface area contributed by atoms with Crippen LogP contribution in [0.3, 0.4) is 0 Å². The van der Waals surface area contributed by atoms with Crippen LogP contribution in [0.25, 0.3) is 0 Å². The lowest BCUT2D eigenvalue weighted by Gasteiger charge is -2.23. The minimum Gasteiger partial charge on any atom is -0.211 e. The molecule has 0 bridgehead atoms. The standard InChI is InChI=1S/C8H13NO/c1-7-4-2-3-5-8(7)9-6-10/h7-8H,2-5H2,1H3. The fraction of sp³-hybridized carbons (Fsp3) is 0.875. The van der Waals surface area contributed by atoms with E-state index in [0.717, 1.165) is 6.42 Å². The highest BCUT2D eigenvalue weighted by molar-refractivity contribution is 5.33. The summed E-state index contributed by atoms with van der Waals surface area (Å²) >= 11 is 0. The molecule has 0 saturated heterocycles. The molecule has 1 aliphatic carbocycles. The summed E-state index contributed by atoms with van der Waals surface area (Å²) in [6, 6.07) is 0.270. The molecule has 0 aromatic heterocycles. The summed E-state index contributed by atoms with van der Waals surface area (Å²) < 4.78 is 0. The summed E-state index contributed by atoms with van der Waals surface area (Å²) in [5.74, 6) is 0.593. The van der Waals surface area contributed by atoms with E-state index >= 15 is 0 Å². The van der Waals surface area contributed by atoms with Gasteiger partial charge in [-0.3, -0.25) is 0 Å². The summed E-state index contributed by atoms with van der Waals surface area (Å²) in [5.41, 5.74) is 0. The largest absolute Gasteiger partial charge is 0.235 e. The topological polar surface area (TPSA) is 29.4 Å². The maximum atomic E-state index is 9.93. The predicted octanol–water partition coefficient (Wildman–Crippen LogP) is 1.90. The molecule has 0 radical (unpaired) electrons. The van der Waals surface area contributed by atoms with Crippen LogP contribution >= 0.6 is 0 Å². The van der Waals surface area contributed by atoms with Crippen LogP contribution in [0.2, 0.25) is 0 Å². The SMILES string of the molecule is CC1CCCCC1N=C=O. The van der Waals surface area contributed by atoms with Gasteiger partial charge in [0.1, 0.15) is 0 Å². The van der Waals surface area contributed by atoms with E-state index in [4.69, 9.17) is 0 Å². The Morgan fingerprint density at radius 2 is 2.10 bits per heavy atom. The molecule has 0 heterocycles. The average Bonchev–Trinajstić information content (AvgIpc) is 1.94. The Kier molecular flexibility index (Phi) is 2.64. The third-order valence-electron chi connectivity index (χ3n) is 2.28. The maximum Gasteiger partial charge on any atom is 0.235 e. The van der Waals surface area contributed by atoms with Crippen LogP contribution in [0, 0.1) is 5.92 Å². The van der Waals surface area contributed by atoms with Crippen LogP contribution < -0.4 is 0 Å². The summed E-state index contributed by atoms with van der Waals surface area (Å²) in [6.07, 6.45) is 6.46. The Balaban J connectivity index is 2.47. The molecule has 1 fully saturated rings. The zero-order chi connectivity index (χ0) is 7.40. The molecule has 1 aliphatic rings. The molecule has 1 saturated carbocycles. The molecular weight excluding hydrogens is 126 g/mol. The van der Waals surface area contributed by atoms with Crippen LogP contribution in [0.4, 0.5) is 0 Å². The van der Waals surface area contributed by atoms with Crippen molar-refractivity contribution in [1.82, 2.24) is 0 Å². The molecule has 0 amide bonds. The Hall–Kier alpha value is -0.620. The van der Waals surface area contributed by atoms with Crippen molar-refractivity contribution in [2.75, 3.05) is 0 Å². The number of isocyanates is 1. The Bertz CT molecular complexity index is 149. The van der Waals surface area contributed by atoms with E-state index in [0.29, 0.717) is 5.92 Å². The quantitative estimate of drug-likeness (QED) is 0.403. The molecular formula is C8H13NO. The fourth-order valence-electron chi connectivity index (χ4n) is 1.56. The summed E-state index contributed by atoms with van der Waals surface area (Å²) in [7, 11) is 0. The van der Waals surface area contributed by atoms with Crippen molar-refractivity contribution < 1.29 is 4.79 Å². The van der Waals surface area contributed by atoms with Gasteiger partial charge in [-0.25, -0.2) is 9.79 Å². The van der Waals surface area contributed by atoms with Gasteiger partial charge >= 0.3 is 0 Å². The van der Waals surface area contributed by atoms with Crippen LogP contribution in [-0.2, 0) is 4.79 Å². The molecule has 10 heavy (non-hydrogen) atoms. The minimum atomic E-state index is 0.270. The monoisotopic (exact) mass is 139 g/mol. The minimum absolute atomic E-state index is 0.270. The molecule has 2 nitrogen and oxygen atoms in total. The highest BCUT2D eigenvalue weighted by Gasteiger charge is 2.19. The van der Waals surface area contributed by atoms with Crippen LogP contribution in [0.15, 0.2) is 4.99 Å². The van der Waals surface area contributed by atoms with Crippen molar-refractivity contribution in [3.05, 3.63) is 0 Å². The lowest BCUT2D eigenvalue weighted by Crippen LogP contribution is -2.19. The van der Waals surface area contributed by atoms with Gasteiger partial charge in [-0.1, -0.05) is 19.8 Å². The van der Waals surface area contributed by atoms with Gasteiger partial charge < -0.3 is 0 Å². The number of hydrogen-bond acceptors (Lipinski definition) is 2. The van der Waals surface area contributed by atoms with Crippen molar-refractivity contribution in [3.63, 3.8) is 0 Å². The summed E-state index contributed by atoms with van der Waals surface area (Å²) in [5, 5.41) is 0. The first-order valence-corrected chi connectivity index (χ1v) is 3.91. The first-order valence-electron chi connectivity index (χ1n) is 3.91. The second-order valence-electron chi connectivity index (χ2n) is 3.05. The average molecular weight is 139 g/mol. The molecule has 1 rings (SSSR count). The number of rotatable bonds is 1. The van der Waals surface area contributed by atoms with Crippen LogP contribution in [-0.4, -0.2) is 12.1 Å². The van der Waals surface area contributed by atoms with E-state index in [1.807, 2.05) is 0 Å². The normalized spacial score (nSPS) is 32.9. The Labute approximate surface area is 61.3 Å². The van der Waals surface area contributed by atoms with Gasteiger partial charge in [-0.15, -0.1) is 0 Å². The van der Waals surface area contributed by atoms with Crippen molar-refractivity contribution in [1.29, 1.82) is 0 Å². The lowest BCUT2D eigenvalue weighted by molar-refractivity contribution is 0.332. The highest BCUT2D eigenvalue weighted by atomic mass is 16.1. The van der Waals surface area contributed by atoms with Gasteiger partial charge in [0.25, 0.3) is 0 Å². The van der Waals surface area contributed by atoms with Crippen molar-refractivity contribution in [3.8, 4) is 0 Å². The zero-order valence-corrected chi connectivity index (χ0v) is 6.34. The van der Waals surface area contributed by atoms with Gasteiger partial charge in [-0.2, -0.15) is 0 Å². The third kappa shape index (κ3) is 1.68. The molecule has 2 unspecified atom stereocenters. The molecule has 2 heteroatoms. The number of hydrogen-bond donors (Lipinski definition) is 0. The Morgan fingerprint density at radius 1 is 1.40 bits per heavy atom. The van der Waals surface area contributed by atoms with Gasteiger partial charge in [0.2, 0.25) is 6.08 Å². The smallest absolute Gasteiger partial charge is 0.211 e. The summed E-state index contributed by atoms with van der Waals surface area (Å²) in [4.78, 5) is 13.7. The third-order valence-corrected chi connectivity index (χ3v) is 2.28. The molecule has 0 spiro atoms. The van der Waals surface area contributed by atoms with E-state index in [1.54, 1.807) is 6.08 Å². The highest BCUT2D eigenvalue weighted by Crippen LogP contribution is 2.25. The maximum absolute atomic E-state index is 9.93. The van der Waals surface area contributed by atoms with Crippen LogP contribution in [0.5, 0.6) is 0 Å². The van der Waals surface area contributed by atoms with E-state index in [2.05, 4.69) is 11.9 Å². The second-order valence-corrected chi connectivity index (χ2v) is 3.05. The molecule has 2 atom stereocenters. The van der Waals surface area contributed by atoms with E-state index in [9.17, 15) is 4.79 Å². The number of carbonyl (C=O) groups excluding carboxylic acids is 1. The van der Waals surface area contributed by atoms with Gasteiger partial charge in [0.05, 0.1) is 6.04 Å². The van der Waals surface area contributed by atoms with Crippen molar-refractivity contribution >= 4 is 6.08 Å². The number of aliphatic imine (C=N–C) groups is 1. The molecule has 0 N–H and O–H groups in total. The summed E-state index contributed by atoms with van der Waals surface area (Å²) in [6.45, 7) is 2.16. The van der Waals surface area contributed by atoms with Crippen molar-refractivity contribution in [2.45, 2.75) is 38.6 Å². The fourth-order valence-corrected chi connectivity index (χ4v) is 1.56. The van der Waals surface area contributed by atoms with Crippen molar-refractivity contribution in [2.24, 2.45) is 10.9 Å². The van der Waals surface area contributed by atoms with Gasteiger partial charge in [-0.05, 0) is 18.8 Å². The van der Waals surface area contributed by atoms with E-state index < -0.39 is 0 Å². The lowest BCUT2D eigenvalue weighted by atomic mass is 9.86. The zero-order valence-electron chi connectivity index (χ0n) is 6.34. The molecule has 0 aromatic carbocycles. The molecule has 0 aromatic rings. The van der Waals surface area contributed by atoms with Crippen LogP contribution in [0.1, 0.15) is 32.6 Å². The molecule has 56 valence electrons. The first-order chi connectivity index (χ1) is 4.84. The predicted molar refractivity (Wildman–Crippen MR) is 39.5 cm³/mol. The molecule has 0 aliphatic heterocycles. The van der Waals surface area contributed by atoms with Gasteiger partial charge in [0.15, 0.2) is 0 Å². The van der Waals surface area contributed by atoms with E-state index in [-0.39, 0.29) is 6.04 Å². The number of nitrogens with zero attached hydrogens (tertiary/aromatic N) is 1.